The fraction of sp³-hybridized carbons (Fsp3) is 0.231. The summed E-state index contributed by atoms with van der Waals surface area (Å²) < 4.78 is 1.32. The monoisotopic (exact) mass is 286 g/mol. The predicted octanol–water partition coefficient (Wildman–Crippen LogP) is 0.406. The van der Waals surface area contributed by atoms with Crippen molar-refractivity contribution < 1.29 is 4.79 Å². The number of nitrogens with zero attached hydrogens (tertiary/aromatic N) is 6. The number of carbonyl (C=O) groups is 1. The molecule has 0 bridgehead atoms. The number of aromatic nitrogens is 4. The minimum Gasteiger partial charge on any atom is -0.369 e. The fourth-order valence-electron chi connectivity index (χ4n) is 1.61. The molecule has 0 fully saturated rings. The normalized spacial score (nSPS) is 11.0. The van der Waals surface area contributed by atoms with Crippen LogP contribution in [0.2, 0.25) is 0 Å². The Morgan fingerprint density at radius 3 is 2.81 bits per heavy atom. The molecule has 0 aliphatic carbocycles. The van der Waals surface area contributed by atoms with Crippen LogP contribution in [0.5, 0.6) is 0 Å². The summed E-state index contributed by atoms with van der Waals surface area (Å²) in [7, 11) is 3.60. The summed E-state index contributed by atoms with van der Waals surface area (Å²) in [6.45, 7) is 3.84. The smallest absolute Gasteiger partial charge is 0.283 e. The van der Waals surface area contributed by atoms with Gasteiger partial charge in [0.05, 0.1) is 12.5 Å². The predicted molar refractivity (Wildman–Crippen MR) is 79.0 cm³/mol. The Labute approximate surface area is 120 Å². The molecule has 108 valence electrons. The van der Waals surface area contributed by atoms with E-state index in [0.717, 1.165) is 0 Å². The summed E-state index contributed by atoms with van der Waals surface area (Å²) in [5.41, 5.74) is -0.153. The van der Waals surface area contributed by atoms with Gasteiger partial charge in [0.2, 0.25) is 5.95 Å². The van der Waals surface area contributed by atoms with E-state index in [0.29, 0.717) is 6.29 Å². The quantitative estimate of drug-likeness (QED) is 0.342. The third kappa shape index (κ3) is 2.99. The van der Waals surface area contributed by atoms with Crippen LogP contribution in [0.15, 0.2) is 28.6 Å². The second-order valence-electron chi connectivity index (χ2n) is 4.41. The molecule has 0 aliphatic rings. The van der Waals surface area contributed by atoms with Crippen molar-refractivity contribution in [2.75, 3.05) is 14.1 Å². The molecule has 8 heteroatoms. The lowest BCUT2D eigenvalue weighted by Gasteiger charge is -2.08. The van der Waals surface area contributed by atoms with Crippen molar-refractivity contribution in [3.8, 4) is 0 Å². The topological polar surface area (TPSA) is 93.3 Å². The van der Waals surface area contributed by atoms with E-state index < -0.39 is 5.56 Å². The molecule has 0 saturated heterocycles. The summed E-state index contributed by atoms with van der Waals surface area (Å²) >= 11 is 0. The molecule has 2 rings (SSSR count). The molecule has 0 N–H and O–H groups in total. The van der Waals surface area contributed by atoms with Crippen molar-refractivity contribution in [2.45, 2.75) is 6.54 Å². The van der Waals surface area contributed by atoms with E-state index in [1.165, 1.54) is 17.1 Å². The molecule has 0 atom stereocenters. The van der Waals surface area contributed by atoms with Crippen LogP contribution in [0.3, 0.4) is 0 Å². The molecule has 2 heterocycles. The van der Waals surface area contributed by atoms with Crippen molar-refractivity contribution in [2.24, 2.45) is 4.99 Å². The second kappa shape index (κ2) is 6.04. The molecule has 8 nitrogen and oxygen atoms in total. The maximum absolute atomic E-state index is 12.4. The third-order valence-corrected chi connectivity index (χ3v) is 2.50. The van der Waals surface area contributed by atoms with E-state index in [4.69, 9.17) is 0 Å². The molecule has 2 aromatic heterocycles. The molecule has 0 saturated carbocycles. The van der Waals surface area contributed by atoms with Crippen molar-refractivity contribution in [1.82, 2.24) is 24.4 Å². The average Bonchev–Trinajstić information content (AvgIpc) is 2.48. The Hall–Kier alpha value is -2.90. The number of aldehydes is 1. The number of fused-ring (bicyclic) bond motifs is 1. The molecule has 0 spiro atoms. The largest absolute Gasteiger partial charge is 0.369 e. The van der Waals surface area contributed by atoms with Gasteiger partial charge in [-0.3, -0.25) is 14.2 Å². The van der Waals surface area contributed by atoms with Crippen LogP contribution < -0.4 is 5.56 Å². The summed E-state index contributed by atoms with van der Waals surface area (Å²) in [6.07, 6.45) is 4.88. The first-order valence-electron chi connectivity index (χ1n) is 6.11. The van der Waals surface area contributed by atoms with Gasteiger partial charge < -0.3 is 4.90 Å². The molecule has 2 aromatic rings. The number of aliphatic imine (C=N–C) groups is 1. The Balaban J connectivity index is 2.74. The Kier molecular flexibility index (Phi) is 4.17. The molecule has 0 amide bonds. The molecule has 0 unspecified atom stereocenters. The Bertz CT molecular complexity index is 778. The highest BCUT2D eigenvalue weighted by Gasteiger charge is 2.12. The van der Waals surface area contributed by atoms with E-state index in [-0.39, 0.29) is 29.4 Å². The number of allylic oxidation sites excluding steroid dienone is 1. The zero-order valence-corrected chi connectivity index (χ0v) is 11.7. The molecule has 21 heavy (non-hydrogen) atoms. The number of hydrogen-bond donors (Lipinski definition) is 0. The Morgan fingerprint density at radius 2 is 2.19 bits per heavy atom. The summed E-state index contributed by atoms with van der Waals surface area (Å²) in [6, 6.07) is 0. The van der Waals surface area contributed by atoms with Gasteiger partial charge in [0.25, 0.3) is 5.56 Å². The van der Waals surface area contributed by atoms with Gasteiger partial charge in [0, 0.05) is 20.6 Å². The molecular formula is C13H14N6O2. The first kappa shape index (κ1) is 14.5. The van der Waals surface area contributed by atoms with Crippen LogP contribution in [0.25, 0.3) is 11.2 Å². The number of hydrogen-bond acceptors (Lipinski definition) is 6. The van der Waals surface area contributed by atoms with E-state index in [1.54, 1.807) is 25.1 Å². The first-order chi connectivity index (χ1) is 10.1. The van der Waals surface area contributed by atoms with Crippen LogP contribution in [-0.4, -0.2) is 51.1 Å². The summed E-state index contributed by atoms with van der Waals surface area (Å²) in [5.74, 6) is 0.203. The highest BCUT2D eigenvalue weighted by Crippen LogP contribution is 2.10. The zero-order valence-electron chi connectivity index (χ0n) is 11.7. The molecule has 0 aliphatic heterocycles. The van der Waals surface area contributed by atoms with E-state index in [9.17, 15) is 9.59 Å². The standard InChI is InChI=1S/C13H14N6O2/c1-4-5-19-12(21)10-11(14-6-9(7-20)16-10)17-13(19)15-8-18(2)3/h4,6-8H,1,5H2,2-3H3/b15-8+. The van der Waals surface area contributed by atoms with Crippen LogP contribution in [0, 0.1) is 0 Å². The van der Waals surface area contributed by atoms with Crippen molar-refractivity contribution >= 4 is 29.7 Å². The average molecular weight is 286 g/mol. The highest BCUT2D eigenvalue weighted by atomic mass is 16.1. The number of rotatable bonds is 5. The molecular weight excluding hydrogens is 272 g/mol. The lowest BCUT2D eigenvalue weighted by Crippen LogP contribution is -2.23. The van der Waals surface area contributed by atoms with Gasteiger partial charge in [0.15, 0.2) is 17.5 Å². The second-order valence-corrected chi connectivity index (χ2v) is 4.41. The zero-order chi connectivity index (χ0) is 15.4. The van der Waals surface area contributed by atoms with E-state index in [2.05, 4.69) is 26.5 Å². The van der Waals surface area contributed by atoms with Gasteiger partial charge in [-0.05, 0) is 0 Å². The maximum atomic E-state index is 12.4. The van der Waals surface area contributed by atoms with Crippen molar-refractivity contribution in [1.29, 1.82) is 0 Å². The van der Waals surface area contributed by atoms with Crippen LogP contribution >= 0.6 is 0 Å². The minimum absolute atomic E-state index is 0.0326. The maximum Gasteiger partial charge on any atom is 0.283 e. The first-order valence-corrected chi connectivity index (χ1v) is 6.11. The third-order valence-electron chi connectivity index (χ3n) is 2.50. The summed E-state index contributed by atoms with van der Waals surface area (Å²) in [5, 5.41) is 0. The lowest BCUT2D eigenvalue weighted by atomic mass is 10.4. The van der Waals surface area contributed by atoms with E-state index in [1.807, 2.05) is 0 Å². The van der Waals surface area contributed by atoms with Crippen molar-refractivity contribution in [3.63, 3.8) is 0 Å². The van der Waals surface area contributed by atoms with Gasteiger partial charge in [-0.25, -0.2) is 15.0 Å². The van der Waals surface area contributed by atoms with Crippen LogP contribution in [0.4, 0.5) is 5.95 Å². The lowest BCUT2D eigenvalue weighted by molar-refractivity contribution is 0.111. The number of carbonyl (C=O) groups excluding carboxylic acids is 1. The molecule has 0 aromatic carbocycles. The fourth-order valence-corrected chi connectivity index (χ4v) is 1.61. The van der Waals surface area contributed by atoms with Crippen LogP contribution in [0.1, 0.15) is 10.5 Å². The van der Waals surface area contributed by atoms with Gasteiger partial charge in [0.1, 0.15) is 5.69 Å². The van der Waals surface area contributed by atoms with Gasteiger partial charge in [-0.1, -0.05) is 6.08 Å². The minimum atomic E-state index is -0.415. The van der Waals surface area contributed by atoms with Crippen LogP contribution in [-0.2, 0) is 6.54 Å². The summed E-state index contributed by atoms with van der Waals surface area (Å²) in [4.78, 5) is 41.1. The van der Waals surface area contributed by atoms with Gasteiger partial charge >= 0.3 is 0 Å². The van der Waals surface area contributed by atoms with Gasteiger partial charge in [-0.2, -0.15) is 4.98 Å². The van der Waals surface area contributed by atoms with Gasteiger partial charge in [-0.15, -0.1) is 6.58 Å². The SMILES string of the molecule is C=CCn1c(/N=C/N(C)C)nc2ncc(C=O)nc2c1=O. The van der Waals surface area contributed by atoms with Crippen molar-refractivity contribution in [3.05, 3.63) is 34.9 Å². The molecule has 0 radical (unpaired) electrons. The Morgan fingerprint density at radius 1 is 1.43 bits per heavy atom. The van der Waals surface area contributed by atoms with E-state index >= 15 is 0 Å². The highest BCUT2D eigenvalue weighted by molar-refractivity contribution is 5.77.